The molecule has 0 spiro atoms. The maximum atomic E-state index is 12.9. The summed E-state index contributed by atoms with van der Waals surface area (Å²) < 4.78 is 62.4. The first-order valence-electron chi connectivity index (χ1n) is 13.0. The first kappa shape index (κ1) is 29.5. The van der Waals surface area contributed by atoms with Gasteiger partial charge in [0, 0.05) is 32.7 Å². The summed E-state index contributed by atoms with van der Waals surface area (Å²) in [6.07, 6.45) is -4.29. The summed E-state index contributed by atoms with van der Waals surface area (Å²) in [5, 5.41) is 10.8. The Hall–Kier alpha value is -2.51. The van der Waals surface area contributed by atoms with Crippen molar-refractivity contribution >= 4 is 17.1 Å². The van der Waals surface area contributed by atoms with E-state index in [1.165, 1.54) is 6.07 Å². The number of aliphatic hydroxyl groups excluding tert-OH is 1. The SMILES string of the molecule is CCCC[S+]([O-])c1ccc(C(C(N)=O)N2CCN(CC(O)C3COc4cc(C(F)(F)F)ccc4O3)CC2)cc1. The monoisotopic (exact) mass is 569 g/mol. The molecule has 39 heavy (non-hydrogen) atoms. The Balaban J connectivity index is 1.30. The fourth-order valence-electron chi connectivity index (χ4n) is 4.79. The molecule has 4 rings (SSSR count). The van der Waals surface area contributed by atoms with Crippen molar-refractivity contribution in [1.29, 1.82) is 0 Å². The number of hydrogen-bond donors (Lipinski definition) is 2. The van der Waals surface area contributed by atoms with Gasteiger partial charge in [-0.25, -0.2) is 0 Å². The van der Waals surface area contributed by atoms with Crippen LogP contribution in [0.1, 0.15) is 36.9 Å². The van der Waals surface area contributed by atoms with E-state index in [2.05, 4.69) is 0 Å². The standard InChI is InChI=1S/C27H34F3N3O5S/c1-2-3-14-39(36)20-7-4-18(5-8-20)25(26(31)35)33-12-10-32(11-13-33)16-21(34)24-17-37-23-15-19(27(28,29)30)6-9-22(23)38-24/h4-9,15,21,24-25,34H,2-3,10-14,16-17H2,1H3,(H2,31,35). The number of benzene rings is 2. The fourth-order valence-corrected chi connectivity index (χ4v) is 6.02. The van der Waals surface area contributed by atoms with Gasteiger partial charge in [0.25, 0.3) is 0 Å². The van der Waals surface area contributed by atoms with Gasteiger partial charge >= 0.3 is 6.18 Å². The molecule has 214 valence electrons. The number of hydrogen-bond acceptors (Lipinski definition) is 7. The normalized spacial score (nSPS) is 20.8. The number of nitrogens with zero attached hydrogens (tertiary/aromatic N) is 2. The van der Waals surface area contributed by atoms with Crippen molar-refractivity contribution < 1.29 is 37.1 Å². The summed E-state index contributed by atoms with van der Waals surface area (Å²) in [6, 6.07) is 9.59. The fraction of sp³-hybridized carbons (Fsp3) is 0.519. The van der Waals surface area contributed by atoms with E-state index < -0.39 is 47.1 Å². The molecule has 4 atom stereocenters. The minimum atomic E-state index is -4.48. The van der Waals surface area contributed by atoms with Gasteiger partial charge in [-0.3, -0.25) is 14.6 Å². The van der Waals surface area contributed by atoms with Crippen molar-refractivity contribution in [2.45, 2.75) is 49.1 Å². The van der Waals surface area contributed by atoms with Gasteiger partial charge in [0.1, 0.15) is 24.5 Å². The number of unbranched alkanes of at least 4 members (excludes halogenated alkanes) is 1. The number of alkyl halides is 3. The second kappa shape index (κ2) is 12.8. The quantitative estimate of drug-likeness (QED) is 0.424. The lowest BCUT2D eigenvalue weighted by Crippen LogP contribution is -2.54. The second-order valence-corrected chi connectivity index (χ2v) is 11.4. The average Bonchev–Trinajstić information content (AvgIpc) is 2.92. The number of ether oxygens (including phenoxy) is 2. The molecule has 0 aromatic heterocycles. The van der Waals surface area contributed by atoms with Gasteiger partial charge in [0.05, 0.1) is 5.56 Å². The summed E-state index contributed by atoms with van der Waals surface area (Å²) in [5.41, 5.74) is 5.68. The third-order valence-corrected chi connectivity index (χ3v) is 8.47. The number of carbonyl (C=O) groups is 1. The third-order valence-electron chi connectivity index (χ3n) is 7.01. The number of fused-ring (bicyclic) bond motifs is 1. The van der Waals surface area contributed by atoms with Gasteiger partial charge in [0.2, 0.25) is 5.91 Å². The average molecular weight is 570 g/mol. The molecule has 8 nitrogen and oxygen atoms in total. The van der Waals surface area contributed by atoms with Gasteiger partial charge in [0.15, 0.2) is 22.5 Å². The maximum Gasteiger partial charge on any atom is 0.416 e. The molecule has 0 saturated carbocycles. The van der Waals surface area contributed by atoms with Crippen LogP contribution in [0.5, 0.6) is 11.5 Å². The predicted molar refractivity (Wildman–Crippen MR) is 140 cm³/mol. The summed E-state index contributed by atoms with van der Waals surface area (Å²) in [4.78, 5) is 17.1. The highest BCUT2D eigenvalue weighted by atomic mass is 32.2. The predicted octanol–water partition coefficient (Wildman–Crippen LogP) is 2.96. The van der Waals surface area contributed by atoms with Crippen LogP contribution in [-0.4, -0.2) is 82.7 Å². The zero-order chi connectivity index (χ0) is 28.2. The van der Waals surface area contributed by atoms with E-state index in [1.54, 1.807) is 24.3 Å². The minimum absolute atomic E-state index is 0.000356. The lowest BCUT2D eigenvalue weighted by Gasteiger charge is -2.40. The summed E-state index contributed by atoms with van der Waals surface area (Å²) >= 11 is -1.07. The first-order valence-corrected chi connectivity index (χ1v) is 14.3. The van der Waals surface area contributed by atoms with Crippen LogP contribution in [0.2, 0.25) is 0 Å². The van der Waals surface area contributed by atoms with Crippen molar-refractivity contribution in [3.63, 3.8) is 0 Å². The van der Waals surface area contributed by atoms with Crippen molar-refractivity contribution in [1.82, 2.24) is 9.80 Å². The Morgan fingerprint density at radius 2 is 1.85 bits per heavy atom. The Bertz CT molecular complexity index is 1110. The molecule has 1 saturated heterocycles. The minimum Gasteiger partial charge on any atom is -0.611 e. The van der Waals surface area contributed by atoms with Gasteiger partial charge in [-0.05, 0) is 53.5 Å². The van der Waals surface area contributed by atoms with E-state index in [0.717, 1.165) is 35.4 Å². The Labute approximate surface area is 229 Å². The van der Waals surface area contributed by atoms with Crippen LogP contribution in [0.3, 0.4) is 0 Å². The highest BCUT2D eigenvalue weighted by Gasteiger charge is 2.35. The molecule has 0 aliphatic carbocycles. The number of β-amino-alcohol motifs (C(OH)–C–C–N with tert-alkyl or cyclic N) is 1. The molecule has 2 aromatic carbocycles. The number of halogens is 3. The first-order chi connectivity index (χ1) is 18.6. The number of rotatable bonds is 10. The van der Waals surface area contributed by atoms with Crippen LogP contribution >= 0.6 is 0 Å². The molecule has 2 aromatic rings. The summed E-state index contributed by atoms with van der Waals surface area (Å²) in [5.74, 6) is 0.294. The highest BCUT2D eigenvalue weighted by Crippen LogP contribution is 2.38. The highest BCUT2D eigenvalue weighted by molar-refractivity contribution is 7.91. The molecular weight excluding hydrogens is 535 g/mol. The smallest absolute Gasteiger partial charge is 0.416 e. The number of aliphatic hydroxyl groups is 1. The van der Waals surface area contributed by atoms with Crippen LogP contribution in [0.15, 0.2) is 47.4 Å². The molecule has 2 heterocycles. The Morgan fingerprint density at radius 1 is 1.15 bits per heavy atom. The molecular formula is C27H34F3N3O5S. The number of amides is 1. The molecule has 2 aliphatic heterocycles. The molecule has 2 aliphatic rings. The van der Waals surface area contributed by atoms with Gasteiger partial charge in [-0.1, -0.05) is 25.5 Å². The molecule has 1 fully saturated rings. The van der Waals surface area contributed by atoms with Crippen molar-refractivity contribution in [3.05, 3.63) is 53.6 Å². The molecule has 1 amide bonds. The second-order valence-electron chi connectivity index (χ2n) is 9.81. The van der Waals surface area contributed by atoms with E-state index in [9.17, 15) is 27.6 Å². The van der Waals surface area contributed by atoms with Crippen molar-refractivity contribution in [3.8, 4) is 11.5 Å². The van der Waals surface area contributed by atoms with E-state index in [0.29, 0.717) is 31.9 Å². The lowest BCUT2D eigenvalue weighted by atomic mass is 10.0. The number of carbonyl (C=O) groups excluding carboxylic acids is 1. The maximum absolute atomic E-state index is 12.9. The number of piperazine rings is 1. The molecule has 0 bridgehead atoms. The third kappa shape index (κ3) is 7.37. The van der Waals surface area contributed by atoms with Gasteiger partial charge in [-0.15, -0.1) is 0 Å². The Morgan fingerprint density at radius 3 is 2.46 bits per heavy atom. The van der Waals surface area contributed by atoms with Crippen molar-refractivity contribution in [2.24, 2.45) is 5.73 Å². The van der Waals surface area contributed by atoms with E-state index in [1.807, 2.05) is 16.7 Å². The van der Waals surface area contributed by atoms with Gasteiger partial charge in [-0.2, -0.15) is 13.2 Å². The van der Waals surface area contributed by atoms with Crippen LogP contribution in [0.25, 0.3) is 0 Å². The van der Waals surface area contributed by atoms with Gasteiger partial charge < -0.3 is 24.9 Å². The van der Waals surface area contributed by atoms with Crippen LogP contribution < -0.4 is 15.2 Å². The molecule has 12 heteroatoms. The lowest BCUT2D eigenvalue weighted by molar-refractivity contribution is -0.137. The van der Waals surface area contributed by atoms with Crippen molar-refractivity contribution in [2.75, 3.05) is 45.1 Å². The van der Waals surface area contributed by atoms with Crippen LogP contribution in [0, 0.1) is 0 Å². The van der Waals surface area contributed by atoms with E-state index in [4.69, 9.17) is 15.2 Å². The number of primary amides is 1. The van der Waals surface area contributed by atoms with Crippen LogP contribution in [-0.2, 0) is 22.1 Å². The number of nitrogens with two attached hydrogens (primary N) is 1. The zero-order valence-electron chi connectivity index (χ0n) is 21.7. The van der Waals surface area contributed by atoms with E-state index >= 15 is 0 Å². The van der Waals surface area contributed by atoms with Crippen LogP contribution in [0.4, 0.5) is 13.2 Å². The largest absolute Gasteiger partial charge is 0.611 e. The summed E-state index contributed by atoms with van der Waals surface area (Å²) in [7, 11) is 0. The molecule has 4 unspecified atom stereocenters. The van der Waals surface area contributed by atoms with E-state index in [-0.39, 0.29) is 24.7 Å². The zero-order valence-corrected chi connectivity index (χ0v) is 22.5. The Kier molecular flexibility index (Phi) is 9.65. The molecule has 0 radical (unpaired) electrons. The summed E-state index contributed by atoms with van der Waals surface area (Å²) in [6.45, 7) is 4.47. The molecule has 3 N–H and O–H groups in total. The topological polar surface area (TPSA) is 111 Å².